The van der Waals surface area contributed by atoms with Gasteiger partial charge in [-0.25, -0.2) is 0 Å². The van der Waals surface area contributed by atoms with Crippen molar-refractivity contribution in [2.45, 2.75) is 111 Å². The van der Waals surface area contributed by atoms with E-state index in [1.54, 1.807) is 0 Å². The summed E-state index contributed by atoms with van der Waals surface area (Å²) >= 11 is 0. The summed E-state index contributed by atoms with van der Waals surface area (Å²) in [5, 5.41) is 2.84. The number of benzene rings is 1. The van der Waals surface area contributed by atoms with Gasteiger partial charge in [0.15, 0.2) is 0 Å². The topological polar surface area (TPSA) is 38.3 Å². The highest BCUT2D eigenvalue weighted by molar-refractivity contribution is 5.96. The first kappa shape index (κ1) is 26.5. The van der Waals surface area contributed by atoms with E-state index < -0.39 is 0 Å². The Labute approximate surface area is 186 Å². The predicted molar refractivity (Wildman–Crippen MR) is 129 cm³/mol. The van der Waals surface area contributed by atoms with Gasteiger partial charge in [-0.2, -0.15) is 0 Å². The molecule has 0 saturated heterocycles. The van der Waals surface area contributed by atoms with E-state index in [0.717, 1.165) is 12.3 Å². The summed E-state index contributed by atoms with van der Waals surface area (Å²) in [7, 11) is 0. The van der Waals surface area contributed by atoms with Gasteiger partial charge in [-0.05, 0) is 31.4 Å². The molecule has 0 fully saturated rings. The van der Waals surface area contributed by atoms with Crippen molar-refractivity contribution in [1.29, 1.82) is 0 Å². The fourth-order valence-corrected chi connectivity index (χ4v) is 3.82. The molecule has 0 bridgehead atoms. The SMILES string of the molecule is CCNC(=O)c1ccccc1OCCCCCCCCCCCCCCCC(C)C. The molecular weight excluding hydrogens is 370 g/mol. The third-order valence-electron chi connectivity index (χ3n) is 5.65. The second-order valence-electron chi connectivity index (χ2n) is 8.98. The molecule has 0 aliphatic heterocycles. The van der Waals surface area contributed by atoms with E-state index in [1.807, 2.05) is 31.2 Å². The number of carbonyl (C=O) groups excluding carboxylic acids is 1. The summed E-state index contributed by atoms with van der Waals surface area (Å²) in [6.07, 6.45) is 19.0. The summed E-state index contributed by atoms with van der Waals surface area (Å²) in [4.78, 5) is 12.1. The van der Waals surface area contributed by atoms with E-state index in [1.165, 1.54) is 83.5 Å². The molecule has 0 saturated carbocycles. The molecule has 1 rings (SSSR count). The molecular formula is C27H47NO2. The molecule has 0 aliphatic rings. The van der Waals surface area contributed by atoms with Crippen molar-refractivity contribution in [2.24, 2.45) is 5.92 Å². The Morgan fingerprint density at radius 2 is 1.30 bits per heavy atom. The Balaban J connectivity index is 1.91. The number of hydrogen-bond acceptors (Lipinski definition) is 2. The molecule has 0 atom stereocenters. The van der Waals surface area contributed by atoms with E-state index in [2.05, 4.69) is 19.2 Å². The van der Waals surface area contributed by atoms with Gasteiger partial charge in [-0.1, -0.05) is 109 Å². The van der Waals surface area contributed by atoms with Gasteiger partial charge < -0.3 is 10.1 Å². The van der Waals surface area contributed by atoms with Crippen molar-refractivity contribution in [2.75, 3.05) is 13.2 Å². The number of rotatable bonds is 19. The zero-order valence-corrected chi connectivity index (χ0v) is 20.0. The molecule has 0 aromatic heterocycles. The van der Waals surface area contributed by atoms with Crippen LogP contribution in [0.1, 0.15) is 121 Å². The minimum Gasteiger partial charge on any atom is -0.493 e. The average molecular weight is 418 g/mol. The van der Waals surface area contributed by atoms with Gasteiger partial charge in [0.1, 0.15) is 5.75 Å². The number of amides is 1. The lowest BCUT2D eigenvalue weighted by atomic mass is 10.0. The van der Waals surface area contributed by atoms with Crippen LogP contribution in [0.2, 0.25) is 0 Å². The van der Waals surface area contributed by atoms with Gasteiger partial charge in [0.25, 0.3) is 5.91 Å². The fourth-order valence-electron chi connectivity index (χ4n) is 3.82. The molecule has 1 aromatic rings. The highest BCUT2D eigenvalue weighted by atomic mass is 16.5. The van der Waals surface area contributed by atoms with Crippen molar-refractivity contribution in [3.05, 3.63) is 29.8 Å². The van der Waals surface area contributed by atoms with Crippen molar-refractivity contribution < 1.29 is 9.53 Å². The predicted octanol–water partition coefficient (Wildman–Crippen LogP) is 7.93. The Kier molecular flexibility index (Phi) is 16.2. The van der Waals surface area contributed by atoms with Crippen molar-refractivity contribution in [3.8, 4) is 5.75 Å². The lowest BCUT2D eigenvalue weighted by molar-refractivity contribution is 0.0951. The maximum Gasteiger partial charge on any atom is 0.255 e. The normalized spacial score (nSPS) is 11.1. The maximum absolute atomic E-state index is 12.1. The Hall–Kier alpha value is -1.51. The summed E-state index contributed by atoms with van der Waals surface area (Å²) in [5.74, 6) is 1.51. The summed E-state index contributed by atoms with van der Waals surface area (Å²) < 4.78 is 5.86. The van der Waals surface area contributed by atoms with Gasteiger partial charge >= 0.3 is 0 Å². The fraction of sp³-hybridized carbons (Fsp3) is 0.741. The smallest absolute Gasteiger partial charge is 0.255 e. The van der Waals surface area contributed by atoms with E-state index in [4.69, 9.17) is 4.74 Å². The summed E-state index contributed by atoms with van der Waals surface area (Å²) in [6, 6.07) is 7.51. The molecule has 1 aromatic carbocycles. The number of unbranched alkanes of at least 4 members (excludes halogenated alkanes) is 12. The van der Waals surface area contributed by atoms with Gasteiger partial charge in [0.05, 0.1) is 12.2 Å². The molecule has 0 aliphatic carbocycles. The monoisotopic (exact) mass is 417 g/mol. The maximum atomic E-state index is 12.1. The molecule has 172 valence electrons. The third-order valence-corrected chi connectivity index (χ3v) is 5.65. The van der Waals surface area contributed by atoms with Crippen LogP contribution >= 0.6 is 0 Å². The van der Waals surface area contributed by atoms with Crippen LogP contribution in [0, 0.1) is 5.92 Å². The molecule has 3 nitrogen and oxygen atoms in total. The Morgan fingerprint density at radius 1 is 0.800 bits per heavy atom. The lowest BCUT2D eigenvalue weighted by Crippen LogP contribution is -2.23. The zero-order valence-electron chi connectivity index (χ0n) is 20.0. The van der Waals surface area contributed by atoms with E-state index >= 15 is 0 Å². The van der Waals surface area contributed by atoms with Crippen LogP contribution in [0.3, 0.4) is 0 Å². The second kappa shape index (κ2) is 18.3. The van der Waals surface area contributed by atoms with Crippen LogP contribution in [-0.4, -0.2) is 19.1 Å². The van der Waals surface area contributed by atoms with Crippen LogP contribution in [0.5, 0.6) is 5.75 Å². The van der Waals surface area contributed by atoms with Crippen LogP contribution in [0.25, 0.3) is 0 Å². The standard InChI is InChI=1S/C27H47NO2/c1-4-28-27(29)25-21-17-18-22-26(25)30-23-19-15-13-11-9-7-5-6-8-10-12-14-16-20-24(2)3/h17-18,21-22,24H,4-16,19-20,23H2,1-3H3,(H,28,29). The van der Waals surface area contributed by atoms with Gasteiger partial charge in [-0.15, -0.1) is 0 Å². The van der Waals surface area contributed by atoms with E-state index in [-0.39, 0.29) is 5.91 Å². The molecule has 1 N–H and O–H groups in total. The number of hydrogen-bond donors (Lipinski definition) is 1. The molecule has 0 radical (unpaired) electrons. The Bertz CT molecular complexity index is 541. The number of carbonyl (C=O) groups is 1. The number of para-hydroxylation sites is 1. The van der Waals surface area contributed by atoms with Crippen LogP contribution in [-0.2, 0) is 0 Å². The minimum atomic E-state index is -0.0563. The van der Waals surface area contributed by atoms with Crippen LogP contribution in [0.4, 0.5) is 0 Å². The molecule has 0 heterocycles. The van der Waals surface area contributed by atoms with E-state index in [9.17, 15) is 4.79 Å². The number of ether oxygens (including phenoxy) is 1. The number of nitrogens with one attached hydrogen (secondary N) is 1. The second-order valence-corrected chi connectivity index (χ2v) is 8.98. The van der Waals surface area contributed by atoms with Gasteiger partial charge in [-0.3, -0.25) is 4.79 Å². The Morgan fingerprint density at radius 3 is 1.83 bits per heavy atom. The quantitative estimate of drug-likeness (QED) is 0.232. The van der Waals surface area contributed by atoms with Crippen molar-refractivity contribution in [1.82, 2.24) is 5.32 Å². The van der Waals surface area contributed by atoms with Crippen LogP contribution in [0.15, 0.2) is 24.3 Å². The van der Waals surface area contributed by atoms with Gasteiger partial charge in [0.2, 0.25) is 0 Å². The third kappa shape index (κ3) is 13.7. The average Bonchev–Trinajstić information content (AvgIpc) is 2.73. The highest BCUT2D eigenvalue weighted by Gasteiger charge is 2.10. The molecule has 3 heteroatoms. The van der Waals surface area contributed by atoms with E-state index in [0.29, 0.717) is 24.5 Å². The molecule has 1 amide bonds. The lowest BCUT2D eigenvalue weighted by Gasteiger charge is -2.11. The van der Waals surface area contributed by atoms with Crippen LogP contribution < -0.4 is 10.1 Å². The molecule has 0 unspecified atom stereocenters. The summed E-state index contributed by atoms with van der Waals surface area (Å²) in [5.41, 5.74) is 0.634. The summed E-state index contributed by atoms with van der Waals surface area (Å²) in [6.45, 7) is 7.89. The highest BCUT2D eigenvalue weighted by Crippen LogP contribution is 2.19. The zero-order chi connectivity index (χ0) is 21.9. The molecule has 0 spiro atoms. The van der Waals surface area contributed by atoms with Crippen molar-refractivity contribution in [3.63, 3.8) is 0 Å². The first-order valence-corrected chi connectivity index (χ1v) is 12.6. The minimum absolute atomic E-state index is 0.0563. The first-order chi connectivity index (χ1) is 14.6. The first-order valence-electron chi connectivity index (χ1n) is 12.6. The largest absolute Gasteiger partial charge is 0.493 e. The molecule has 30 heavy (non-hydrogen) atoms. The van der Waals surface area contributed by atoms with Gasteiger partial charge in [0, 0.05) is 6.54 Å². The van der Waals surface area contributed by atoms with Crippen molar-refractivity contribution >= 4 is 5.91 Å².